The van der Waals surface area contributed by atoms with Crippen LogP contribution in [0.15, 0.2) is 0 Å². The van der Waals surface area contributed by atoms with E-state index in [0.29, 0.717) is 0 Å². The molecule has 6 heterocycles. The van der Waals surface area contributed by atoms with Crippen molar-refractivity contribution in [3.8, 4) is 0 Å². The van der Waals surface area contributed by atoms with Crippen LogP contribution >= 0.6 is 0 Å². The Kier molecular flexibility index (Phi) is 23.4. The zero-order valence-corrected chi connectivity index (χ0v) is 43.7. The fourth-order valence-corrected chi connectivity index (χ4v) is 10.3. The molecule has 0 radical (unpaired) electrons. The number of carbonyl (C=O) groups is 4. The molecule has 6 fully saturated rings. The van der Waals surface area contributed by atoms with Crippen molar-refractivity contribution >= 4 is 23.7 Å². The van der Waals surface area contributed by atoms with Crippen molar-refractivity contribution in [2.45, 2.75) is 224 Å². The third kappa shape index (κ3) is 14.7. The van der Waals surface area contributed by atoms with Crippen LogP contribution in [0.1, 0.15) is 34.1 Å². The van der Waals surface area contributed by atoms with Gasteiger partial charge in [0.2, 0.25) is 17.7 Å². The molecular weight excluding hydrogens is 1110 g/mol. The maximum Gasteiger partial charge on any atom is 0.364 e. The molecule has 0 aromatic rings. The molecule has 0 spiro atoms. The smallest absolute Gasteiger partial charge is 0.364 e. The predicted octanol–water partition coefficient (Wildman–Crippen LogP) is -13.4. The number of carboxylic acid groups (broad SMARTS) is 1. The molecule has 1 unspecified atom stereocenters. The molecule has 0 aliphatic carbocycles. The van der Waals surface area contributed by atoms with Crippen molar-refractivity contribution in [1.82, 2.24) is 16.0 Å². The molecule has 6 aliphatic rings. The molecule has 6 aliphatic heterocycles. The van der Waals surface area contributed by atoms with Crippen LogP contribution in [-0.2, 0) is 71.3 Å². The van der Waals surface area contributed by atoms with Gasteiger partial charge in [-0.05, 0) is 6.92 Å². The highest BCUT2D eigenvalue weighted by atomic mass is 16.8. The highest BCUT2D eigenvalue weighted by Gasteiger charge is 2.61. The number of hydrogen-bond acceptors (Lipinski definition) is 32. The Morgan fingerprint density at radius 2 is 1.05 bits per heavy atom. The number of nitrogens with one attached hydrogen (secondary N) is 3. The lowest BCUT2D eigenvalue weighted by Crippen LogP contribution is -2.71. The first-order valence-corrected chi connectivity index (χ1v) is 25.6. The summed E-state index contributed by atoms with van der Waals surface area (Å²) in [4.78, 5) is 50.1. The Bertz CT molecular complexity index is 2080. The maximum atomic E-state index is 13.0. The van der Waals surface area contributed by atoms with Crippen molar-refractivity contribution in [2.24, 2.45) is 0 Å². The monoisotopic (exact) mass is 1190 g/mol. The van der Waals surface area contributed by atoms with Gasteiger partial charge in [0.1, 0.15) is 134 Å². The van der Waals surface area contributed by atoms with Crippen molar-refractivity contribution in [2.75, 3.05) is 33.0 Å². The second-order valence-corrected chi connectivity index (χ2v) is 20.4. The van der Waals surface area contributed by atoms with E-state index in [-0.39, 0.29) is 0 Å². The average Bonchev–Trinajstić information content (AvgIpc) is 3.45. The summed E-state index contributed by atoms with van der Waals surface area (Å²) in [5.74, 6) is -7.77. The standard InChI is InChI=1S/C45H75N3O33/c1-11-24(58)30(64)32(66)41(72-11)79-38-31(65)26(60)17(7-50)75-43(38)78-35-23(48-14(4)55)39(68)73-20(28(35)62)10-71-40-22(47-13(3)54)29(63)34(19(9-52)76-40)77-42-33(67)37(27(61)18(8-51)74-42)81-45(44(69)70)5-15(56)21(46-12(2)53)36(80-45)25(59)16(57)6-49/h11,15-43,49-52,56-68H,5-10H2,1-4H3,(H,46,53)(H,47,54)(H,48,55)(H,69,70)/t11-,15-,16+,17+,18+,19+,20+,21+,22+,23+,24+,25+,26-,27-,28-,29+,30+,31-,32-,33+,34+,35+,36+,37-,38+,39?,40+,41-,42-,43-,45-/m0/s1. The van der Waals surface area contributed by atoms with Crippen LogP contribution in [0.4, 0.5) is 0 Å². The van der Waals surface area contributed by atoms with Gasteiger partial charge < -0.3 is 160 Å². The molecule has 3 amide bonds. The summed E-state index contributed by atoms with van der Waals surface area (Å²) in [5, 5.41) is 201. The first-order chi connectivity index (χ1) is 38.0. The molecule has 21 N–H and O–H groups in total. The molecule has 0 saturated carbocycles. The summed E-state index contributed by atoms with van der Waals surface area (Å²) in [6.07, 6.45) is -53.9. The summed E-state index contributed by atoms with van der Waals surface area (Å²) in [7, 11) is 0. The number of hydrogen-bond donors (Lipinski definition) is 21. The number of carboxylic acids is 1. The molecule has 0 aromatic heterocycles. The van der Waals surface area contributed by atoms with Crippen LogP contribution < -0.4 is 16.0 Å². The first-order valence-electron chi connectivity index (χ1n) is 25.6. The van der Waals surface area contributed by atoms with Crippen molar-refractivity contribution in [3.05, 3.63) is 0 Å². The van der Waals surface area contributed by atoms with Crippen LogP contribution in [0, 0.1) is 0 Å². The van der Waals surface area contributed by atoms with Gasteiger partial charge in [0.05, 0.1) is 51.3 Å². The Morgan fingerprint density at radius 1 is 0.531 bits per heavy atom. The first kappa shape index (κ1) is 66.9. The van der Waals surface area contributed by atoms with Gasteiger partial charge in [-0.3, -0.25) is 14.4 Å². The van der Waals surface area contributed by atoms with Crippen LogP contribution in [0.25, 0.3) is 0 Å². The van der Waals surface area contributed by atoms with Gasteiger partial charge in [0, 0.05) is 27.2 Å². The van der Waals surface area contributed by atoms with Crippen molar-refractivity contribution in [1.29, 1.82) is 0 Å². The third-order valence-electron chi connectivity index (χ3n) is 14.6. The SMILES string of the molecule is CC(=O)N[C@H]1[C@H](OC[C@H]2OC(O)[C@H](NC(C)=O)[C@@H](O[C@@H]3O[C@H](CO)[C@H](O)[C@H](O)[C@H]3O[C@@H]3O[C@@H](C)[C@@H](O)[C@@H](O)[C@@H]3O)[C@H]2O)O[C@H](CO)[C@@H](O[C@@H]2O[C@H](CO)[C@H](O)[C@H](O[C@]3(C(=O)O)C[C@H](O)[C@@H](NC(C)=O)[C@H]([C@H](O)[C@H](O)CO)O3)[C@H]2O)[C@@H]1O. The molecule has 36 nitrogen and oxygen atoms in total. The number of amides is 3. The largest absolute Gasteiger partial charge is 0.477 e. The van der Waals surface area contributed by atoms with Crippen molar-refractivity contribution < 1.29 is 163 Å². The Morgan fingerprint density at radius 3 is 1.63 bits per heavy atom. The second-order valence-electron chi connectivity index (χ2n) is 20.4. The zero-order valence-electron chi connectivity index (χ0n) is 43.7. The molecule has 36 heteroatoms. The van der Waals surface area contributed by atoms with E-state index in [2.05, 4.69) is 16.0 Å². The highest BCUT2D eigenvalue weighted by Crippen LogP contribution is 2.39. The number of ether oxygens (including phenoxy) is 11. The number of carbonyl (C=O) groups excluding carboxylic acids is 3. The summed E-state index contributed by atoms with van der Waals surface area (Å²) in [5.41, 5.74) is 0. The second kappa shape index (κ2) is 28.3. The van der Waals surface area contributed by atoms with Crippen LogP contribution in [0.3, 0.4) is 0 Å². The molecule has 0 aromatic carbocycles. The van der Waals surface area contributed by atoms with Crippen molar-refractivity contribution in [3.63, 3.8) is 0 Å². The van der Waals surface area contributed by atoms with Gasteiger partial charge in [0.25, 0.3) is 5.79 Å². The van der Waals surface area contributed by atoms with E-state index in [1.807, 2.05) is 0 Å². The molecular formula is C45H75N3O33. The fourth-order valence-electron chi connectivity index (χ4n) is 10.3. The minimum Gasteiger partial charge on any atom is -0.477 e. The molecule has 81 heavy (non-hydrogen) atoms. The summed E-state index contributed by atoms with van der Waals surface area (Å²) in [6, 6.07) is -5.15. The van der Waals surface area contributed by atoms with Gasteiger partial charge in [-0.15, -0.1) is 0 Å². The van der Waals surface area contributed by atoms with Crippen LogP contribution in [0.5, 0.6) is 0 Å². The van der Waals surface area contributed by atoms with E-state index >= 15 is 0 Å². The lowest BCUT2D eigenvalue weighted by atomic mass is 9.88. The topological polar surface area (TPSA) is 570 Å². The molecule has 6 saturated heterocycles. The summed E-state index contributed by atoms with van der Waals surface area (Å²) < 4.78 is 63.1. The van der Waals surface area contributed by atoms with E-state index in [0.717, 1.165) is 20.8 Å². The van der Waals surface area contributed by atoms with E-state index in [4.69, 9.17) is 52.1 Å². The quantitative estimate of drug-likeness (QED) is 0.0507. The van der Waals surface area contributed by atoms with E-state index < -0.39 is 253 Å². The maximum absolute atomic E-state index is 13.0. The van der Waals surface area contributed by atoms with Crippen LogP contribution in [0.2, 0.25) is 0 Å². The molecule has 6 rings (SSSR count). The highest BCUT2D eigenvalue weighted by molar-refractivity contribution is 5.77. The minimum absolute atomic E-state index is 0.821. The molecule has 31 atom stereocenters. The van der Waals surface area contributed by atoms with E-state index in [1.54, 1.807) is 0 Å². The minimum atomic E-state index is -3.19. The van der Waals surface area contributed by atoms with Gasteiger partial charge in [-0.25, -0.2) is 4.79 Å². The van der Waals surface area contributed by atoms with E-state index in [1.165, 1.54) is 6.92 Å². The number of aliphatic hydroxyl groups excluding tert-OH is 17. The van der Waals surface area contributed by atoms with Gasteiger partial charge in [0.15, 0.2) is 31.5 Å². The summed E-state index contributed by atoms with van der Waals surface area (Å²) in [6.45, 7) is -0.894. The van der Waals surface area contributed by atoms with Crippen LogP contribution in [-0.4, -0.2) is 338 Å². The normalized spacial score (nSPS) is 46.7. The Hall–Kier alpha value is -3.24. The average molecular weight is 1190 g/mol. The Labute approximate surface area is 459 Å². The van der Waals surface area contributed by atoms with Gasteiger partial charge in [-0.1, -0.05) is 0 Å². The Balaban J connectivity index is 1.22. The van der Waals surface area contributed by atoms with Gasteiger partial charge >= 0.3 is 5.97 Å². The molecule has 468 valence electrons. The lowest BCUT2D eigenvalue weighted by Gasteiger charge is -2.51. The van der Waals surface area contributed by atoms with E-state index in [9.17, 15) is 111 Å². The van der Waals surface area contributed by atoms with Gasteiger partial charge in [-0.2, -0.15) is 0 Å². The number of rotatable bonds is 21. The predicted molar refractivity (Wildman–Crippen MR) is 250 cm³/mol. The molecule has 0 bridgehead atoms. The zero-order chi connectivity index (χ0) is 60.3. The summed E-state index contributed by atoms with van der Waals surface area (Å²) >= 11 is 0. The number of aliphatic hydroxyl groups is 17. The number of aliphatic carboxylic acids is 1. The fraction of sp³-hybridized carbons (Fsp3) is 0.911. The lowest BCUT2D eigenvalue weighted by molar-refractivity contribution is -0.385. The third-order valence-corrected chi connectivity index (χ3v) is 14.6.